The third-order valence-electron chi connectivity index (χ3n) is 2.62. The van der Waals surface area contributed by atoms with Crippen molar-refractivity contribution in [2.24, 2.45) is 0 Å². The van der Waals surface area contributed by atoms with Crippen LogP contribution in [-0.2, 0) is 14.3 Å². The first kappa shape index (κ1) is 11.9. The van der Waals surface area contributed by atoms with Crippen molar-refractivity contribution in [3.8, 4) is 0 Å². The zero-order valence-corrected chi connectivity index (χ0v) is 9.45. The van der Waals surface area contributed by atoms with Gasteiger partial charge in [-0.15, -0.1) is 0 Å². The molecule has 1 unspecified atom stereocenters. The molecule has 0 spiro atoms. The number of ether oxygens (including phenoxy) is 1. The average Bonchev–Trinajstić information content (AvgIpc) is 2.25. The molecule has 15 heavy (non-hydrogen) atoms. The highest BCUT2D eigenvalue weighted by atomic mass is 16.5. The summed E-state index contributed by atoms with van der Waals surface area (Å²) < 4.78 is 5.57. The second kappa shape index (κ2) is 4.57. The maximum atomic E-state index is 11.8. The van der Waals surface area contributed by atoms with E-state index in [9.17, 15) is 9.59 Å². The van der Waals surface area contributed by atoms with Crippen LogP contribution < -0.4 is 0 Å². The summed E-state index contributed by atoms with van der Waals surface area (Å²) in [5.41, 5.74) is -1.08. The fraction of sp³-hybridized carbons (Fsp3) is 0.636. The topological polar surface area (TPSA) is 46.6 Å². The number of hydrogen-bond donors (Lipinski definition) is 0. The average molecular weight is 211 g/mol. The number of likely N-dealkylation sites (N-methyl/N-ethyl adjacent to an activating group) is 1. The summed E-state index contributed by atoms with van der Waals surface area (Å²) in [7, 11) is 1.75. The van der Waals surface area contributed by atoms with Gasteiger partial charge in [0.2, 0.25) is 11.5 Å². The molecular weight excluding hydrogens is 194 g/mol. The molecule has 0 bridgehead atoms. The molecule has 0 fully saturated rings. The summed E-state index contributed by atoms with van der Waals surface area (Å²) in [5.74, 6) is -0.950. The lowest BCUT2D eigenvalue weighted by Gasteiger charge is -2.40. The lowest BCUT2D eigenvalue weighted by atomic mass is 9.97. The summed E-state index contributed by atoms with van der Waals surface area (Å²) in [6.07, 6.45) is 4.17. The zero-order valence-electron chi connectivity index (χ0n) is 9.45. The van der Waals surface area contributed by atoms with Gasteiger partial charge in [-0.25, -0.2) is 0 Å². The molecule has 0 aliphatic carbocycles. The normalized spacial score (nSPS) is 26.2. The number of Topliss-reactive ketones (excluding diaryl/α,β-unsaturated/α-hetero) is 1. The molecule has 1 rings (SSSR count). The molecule has 84 valence electrons. The molecule has 0 amide bonds. The smallest absolute Gasteiger partial charge is 0.255 e. The van der Waals surface area contributed by atoms with E-state index in [0.29, 0.717) is 13.0 Å². The van der Waals surface area contributed by atoms with Crippen molar-refractivity contribution in [2.75, 3.05) is 13.7 Å². The first-order valence-electron chi connectivity index (χ1n) is 5.22. The van der Waals surface area contributed by atoms with Gasteiger partial charge >= 0.3 is 0 Å². The molecule has 0 saturated carbocycles. The third kappa shape index (κ3) is 1.95. The van der Waals surface area contributed by atoms with Crippen molar-refractivity contribution in [3.05, 3.63) is 12.3 Å². The van der Waals surface area contributed by atoms with Crippen molar-refractivity contribution < 1.29 is 14.3 Å². The second-order valence-electron chi connectivity index (χ2n) is 3.61. The van der Waals surface area contributed by atoms with Crippen molar-refractivity contribution in [1.82, 2.24) is 4.90 Å². The van der Waals surface area contributed by atoms with E-state index >= 15 is 0 Å². The van der Waals surface area contributed by atoms with Crippen molar-refractivity contribution in [3.63, 3.8) is 0 Å². The summed E-state index contributed by atoms with van der Waals surface area (Å²) in [6, 6.07) is 0. The van der Waals surface area contributed by atoms with Crippen LogP contribution in [0.25, 0.3) is 0 Å². The zero-order chi connectivity index (χ0) is 11.5. The maximum absolute atomic E-state index is 11.8. The molecule has 1 heterocycles. The van der Waals surface area contributed by atoms with E-state index in [-0.39, 0.29) is 0 Å². The largest absolute Gasteiger partial charge is 0.348 e. The van der Waals surface area contributed by atoms with Crippen LogP contribution >= 0.6 is 0 Å². The van der Waals surface area contributed by atoms with Crippen LogP contribution in [0.2, 0.25) is 0 Å². The minimum Gasteiger partial charge on any atom is -0.348 e. The van der Waals surface area contributed by atoms with Gasteiger partial charge in [0, 0.05) is 32.4 Å². The lowest BCUT2D eigenvalue weighted by Crippen LogP contribution is -2.57. The fourth-order valence-corrected chi connectivity index (χ4v) is 1.68. The van der Waals surface area contributed by atoms with Crippen molar-refractivity contribution in [2.45, 2.75) is 32.4 Å². The molecule has 1 aliphatic heterocycles. The summed E-state index contributed by atoms with van der Waals surface area (Å²) in [6.45, 7) is 4.29. The Balaban J connectivity index is 2.98. The first-order valence-corrected chi connectivity index (χ1v) is 5.22. The van der Waals surface area contributed by atoms with Gasteiger partial charge < -0.3 is 9.64 Å². The quantitative estimate of drug-likeness (QED) is 0.654. The van der Waals surface area contributed by atoms with Gasteiger partial charge in [0.05, 0.1) is 0 Å². The number of allylic oxidation sites excluding steroid dienone is 1. The van der Waals surface area contributed by atoms with Crippen LogP contribution in [0.5, 0.6) is 0 Å². The Kier molecular flexibility index (Phi) is 3.63. The Morgan fingerprint density at radius 1 is 1.40 bits per heavy atom. The molecule has 4 heteroatoms. The number of carbonyl (C=O) groups is 2. The van der Waals surface area contributed by atoms with Crippen LogP contribution in [0.1, 0.15) is 26.7 Å². The minimum atomic E-state index is -1.08. The van der Waals surface area contributed by atoms with Crippen LogP contribution in [-0.4, -0.2) is 35.8 Å². The number of ketones is 2. The maximum Gasteiger partial charge on any atom is 0.255 e. The highest BCUT2D eigenvalue weighted by Crippen LogP contribution is 2.25. The molecule has 0 aromatic carbocycles. The summed E-state index contributed by atoms with van der Waals surface area (Å²) in [5, 5.41) is 0. The Labute approximate surface area is 89.9 Å². The van der Waals surface area contributed by atoms with Crippen LogP contribution in [0.3, 0.4) is 0 Å². The predicted octanol–water partition coefficient (Wildman–Crippen LogP) is 1.12. The molecule has 0 saturated heterocycles. The lowest BCUT2D eigenvalue weighted by molar-refractivity contribution is -0.173. The predicted molar refractivity (Wildman–Crippen MR) is 56.2 cm³/mol. The SMILES string of the molecule is CCCOC1(CC)C(=O)C(=O)C=CN1C. The second-order valence-corrected chi connectivity index (χ2v) is 3.61. The molecular formula is C11H17NO3. The molecule has 0 aromatic heterocycles. The van der Waals surface area contributed by atoms with Gasteiger partial charge in [-0.1, -0.05) is 13.8 Å². The van der Waals surface area contributed by atoms with Crippen LogP contribution in [0.15, 0.2) is 12.3 Å². The van der Waals surface area contributed by atoms with E-state index < -0.39 is 17.3 Å². The molecule has 4 nitrogen and oxygen atoms in total. The summed E-state index contributed by atoms with van der Waals surface area (Å²) >= 11 is 0. The number of hydrogen-bond acceptors (Lipinski definition) is 4. The van der Waals surface area contributed by atoms with E-state index in [4.69, 9.17) is 4.74 Å². The minimum absolute atomic E-state index is 0.469. The Morgan fingerprint density at radius 2 is 2.07 bits per heavy atom. The fourth-order valence-electron chi connectivity index (χ4n) is 1.68. The van der Waals surface area contributed by atoms with Crippen LogP contribution in [0.4, 0.5) is 0 Å². The van der Waals surface area contributed by atoms with Crippen molar-refractivity contribution >= 4 is 11.6 Å². The first-order chi connectivity index (χ1) is 7.08. The van der Waals surface area contributed by atoms with Gasteiger partial charge in [-0.2, -0.15) is 0 Å². The number of carbonyl (C=O) groups excluding carboxylic acids is 2. The summed E-state index contributed by atoms with van der Waals surface area (Å²) in [4.78, 5) is 24.8. The standard InChI is InChI=1S/C11H17NO3/c1-4-8-15-11(5-2)10(14)9(13)6-7-12(11)3/h6-7H,4-5,8H2,1-3H3. The molecule has 1 aliphatic rings. The Bertz CT molecular complexity index is 298. The van der Waals surface area contributed by atoms with Gasteiger partial charge in [-0.05, 0) is 6.42 Å². The van der Waals surface area contributed by atoms with E-state index in [1.54, 1.807) is 18.1 Å². The van der Waals surface area contributed by atoms with Gasteiger partial charge in [0.25, 0.3) is 5.78 Å². The van der Waals surface area contributed by atoms with Gasteiger partial charge in [0.1, 0.15) is 0 Å². The highest BCUT2D eigenvalue weighted by Gasteiger charge is 2.45. The molecule has 0 aromatic rings. The molecule has 1 atom stereocenters. The Hall–Kier alpha value is -1.16. The van der Waals surface area contributed by atoms with Crippen LogP contribution in [0, 0.1) is 0 Å². The molecule has 0 N–H and O–H groups in total. The van der Waals surface area contributed by atoms with Crippen molar-refractivity contribution in [1.29, 1.82) is 0 Å². The number of rotatable bonds is 4. The third-order valence-corrected chi connectivity index (χ3v) is 2.62. The van der Waals surface area contributed by atoms with E-state index in [1.807, 2.05) is 13.8 Å². The van der Waals surface area contributed by atoms with E-state index in [2.05, 4.69) is 0 Å². The van der Waals surface area contributed by atoms with E-state index in [1.165, 1.54) is 6.08 Å². The molecule has 0 radical (unpaired) electrons. The number of nitrogens with zero attached hydrogens (tertiary/aromatic N) is 1. The van der Waals surface area contributed by atoms with E-state index in [0.717, 1.165) is 6.42 Å². The highest BCUT2D eigenvalue weighted by molar-refractivity contribution is 6.44. The monoisotopic (exact) mass is 211 g/mol. The van der Waals surface area contributed by atoms with Gasteiger partial charge in [0.15, 0.2) is 0 Å². The Morgan fingerprint density at radius 3 is 2.60 bits per heavy atom. The van der Waals surface area contributed by atoms with Gasteiger partial charge in [-0.3, -0.25) is 9.59 Å².